The number of benzene rings is 1. The van der Waals surface area contributed by atoms with E-state index < -0.39 is 39.1 Å². The second-order valence-corrected chi connectivity index (χ2v) is 5.20. The summed E-state index contributed by atoms with van der Waals surface area (Å²) >= 11 is 0. The molecule has 0 aliphatic heterocycles. The van der Waals surface area contributed by atoms with Crippen LogP contribution in [0.15, 0.2) is 12.1 Å². The van der Waals surface area contributed by atoms with Gasteiger partial charge in [0.2, 0.25) is 0 Å². The number of hydrogen-bond acceptors (Lipinski definition) is 4. The van der Waals surface area contributed by atoms with Crippen molar-refractivity contribution in [3.8, 4) is 0 Å². The van der Waals surface area contributed by atoms with Crippen LogP contribution in [-0.4, -0.2) is 16.4 Å². The van der Waals surface area contributed by atoms with Gasteiger partial charge >= 0.3 is 0 Å². The van der Waals surface area contributed by atoms with E-state index in [1.165, 1.54) is 0 Å². The largest absolute Gasteiger partial charge is 0.392 e. The number of carbonyl (C=O) groups is 1. The first-order chi connectivity index (χ1) is 9.19. The fourth-order valence-electron chi connectivity index (χ4n) is 2.03. The molecule has 7 heteroatoms. The van der Waals surface area contributed by atoms with Crippen molar-refractivity contribution >= 4 is 17.3 Å². The Balaban J connectivity index is 3.16. The molecule has 0 spiro atoms. The van der Waals surface area contributed by atoms with Crippen LogP contribution in [0.2, 0.25) is 0 Å². The standard InChI is InChI=1S/C13H18FN3O3/c1-4-7-13(2,3)16-12(18)10-8(14)5-6-9(11(10)15)17(19)20/h5-6H,4,7,15H2,1-3H3,(H,16,18). The molecule has 3 N–H and O–H groups in total. The van der Waals surface area contributed by atoms with Gasteiger partial charge in [0.05, 0.1) is 4.92 Å². The Bertz CT molecular complexity index is 544. The lowest BCUT2D eigenvalue weighted by atomic mass is 9.98. The molecule has 0 aliphatic rings. The van der Waals surface area contributed by atoms with Crippen LogP contribution >= 0.6 is 0 Å². The van der Waals surface area contributed by atoms with Gasteiger partial charge in [-0.05, 0) is 26.3 Å². The average molecular weight is 283 g/mol. The highest BCUT2D eigenvalue weighted by molar-refractivity contribution is 6.01. The Morgan fingerprint density at radius 3 is 2.60 bits per heavy atom. The highest BCUT2D eigenvalue weighted by Gasteiger charge is 2.27. The number of halogens is 1. The number of hydrogen-bond donors (Lipinski definition) is 2. The number of nitro benzene ring substituents is 1. The zero-order valence-electron chi connectivity index (χ0n) is 11.7. The summed E-state index contributed by atoms with van der Waals surface area (Å²) < 4.78 is 13.7. The molecule has 0 aliphatic carbocycles. The molecule has 110 valence electrons. The van der Waals surface area contributed by atoms with Gasteiger partial charge in [-0.25, -0.2) is 4.39 Å². The highest BCUT2D eigenvalue weighted by Crippen LogP contribution is 2.28. The Morgan fingerprint density at radius 1 is 1.50 bits per heavy atom. The van der Waals surface area contributed by atoms with Gasteiger partial charge in [-0.15, -0.1) is 0 Å². The van der Waals surface area contributed by atoms with Crippen LogP contribution in [0, 0.1) is 15.9 Å². The van der Waals surface area contributed by atoms with E-state index in [1.807, 2.05) is 6.92 Å². The SMILES string of the molecule is CCCC(C)(C)NC(=O)c1c(F)ccc([N+](=O)[O-])c1N. The quantitative estimate of drug-likeness (QED) is 0.493. The van der Waals surface area contributed by atoms with E-state index in [0.29, 0.717) is 6.42 Å². The summed E-state index contributed by atoms with van der Waals surface area (Å²) in [7, 11) is 0. The van der Waals surface area contributed by atoms with Gasteiger partial charge < -0.3 is 11.1 Å². The maximum Gasteiger partial charge on any atom is 0.293 e. The Labute approximate surface area is 116 Å². The lowest BCUT2D eigenvalue weighted by Gasteiger charge is -2.26. The second-order valence-electron chi connectivity index (χ2n) is 5.20. The number of nitro groups is 1. The zero-order chi connectivity index (χ0) is 15.5. The summed E-state index contributed by atoms with van der Waals surface area (Å²) in [5, 5.41) is 13.4. The highest BCUT2D eigenvalue weighted by atomic mass is 19.1. The fourth-order valence-corrected chi connectivity index (χ4v) is 2.03. The minimum absolute atomic E-state index is 0.459. The van der Waals surface area contributed by atoms with Crippen molar-refractivity contribution in [2.45, 2.75) is 39.2 Å². The van der Waals surface area contributed by atoms with Crippen LogP contribution in [0.25, 0.3) is 0 Å². The van der Waals surface area contributed by atoms with E-state index in [-0.39, 0.29) is 0 Å². The van der Waals surface area contributed by atoms with Gasteiger partial charge in [-0.2, -0.15) is 0 Å². The molecule has 0 heterocycles. The van der Waals surface area contributed by atoms with Crippen molar-refractivity contribution in [2.24, 2.45) is 0 Å². The molecule has 6 nitrogen and oxygen atoms in total. The number of rotatable bonds is 5. The van der Waals surface area contributed by atoms with Crippen molar-refractivity contribution in [3.05, 3.63) is 33.6 Å². The maximum atomic E-state index is 13.7. The van der Waals surface area contributed by atoms with E-state index in [0.717, 1.165) is 18.6 Å². The molecular formula is C13H18FN3O3. The van der Waals surface area contributed by atoms with Crippen molar-refractivity contribution in [2.75, 3.05) is 5.73 Å². The summed E-state index contributed by atoms with van der Waals surface area (Å²) in [6.45, 7) is 5.54. The van der Waals surface area contributed by atoms with Crippen molar-refractivity contribution in [1.29, 1.82) is 0 Å². The molecule has 1 rings (SSSR count). The Hall–Kier alpha value is -2.18. The topological polar surface area (TPSA) is 98.3 Å². The normalized spacial score (nSPS) is 11.2. The minimum atomic E-state index is -0.877. The van der Waals surface area contributed by atoms with E-state index in [2.05, 4.69) is 5.32 Å². The third kappa shape index (κ3) is 3.43. The van der Waals surface area contributed by atoms with Crippen LogP contribution in [0.3, 0.4) is 0 Å². The number of amides is 1. The number of nitrogens with one attached hydrogen (secondary N) is 1. The lowest BCUT2D eigenvalue weighted by Crippen LogP contribution is -2.43. The van der Waals surface area contributed by atoms with Crippen LogP contribution in [-0.2, 0) is 0 Å². The van der Waals surface area contributed by atoms with Crippen LogP contribution < -0.4 is 11.1 Å². The third-order valence-corrected chi connectivity index (χ3v) is 2.92. The molecule has 0 saturated heterocycles. The van der Waals surface area contributed by atoms with E-state index in [1.54, 1.807) is 13.8 Å². The first-order valence-electron chi connectivity index (χ1n) is 6.24. The molecule has 0 atom stereocenters. The Kier molecular flexibility index (Phi) is 4.65. The average Bonchev–Trinajstić information content (AvgIpc) is 2.27. The Morgan fingerprint density at radius 2 is 2.10 bits per heavy atom. The lowest BCUT2D eigenvalue weighted by molar-refractivity contribution is -0.384. The van der Waals surface area contributed by atoms with Gasteiger partial charge in [0.25, 0.3) is 11.6 Å². The molecule has 1 aromatic carbocycles. The van der Waals surface area contributed by atoms with Gasteiger partial charge in [-0.1, -0.05) is 13.3 Å². The van der Waals surface area contributed by atoms with Gasteiger partial charge in [-0.3, -0.25) is 14.9 Å². The molecule has 0 unspecified atom stereocenters. The summed E-state index contributed by atoms with van der Waals surface area (Å²) in [5.41, 5.74) is 3.57. The molecule has 0 bridgehead atoms. The van der Waals surface area contributed by atoms with E-state index in [4.69, 9.17) is 5.73 Å². The molecule has 0 saturated carbocycles. The van der Waals surface area contributed by atoms with Gasteiger partial charge in [0.15, 0.2) is 0 Å². The molecule has 0 fully saturated rings. The predicted molar refractivity (Wildman–Crippen MR) is 73.9 cm³/mol. The zero-order valence-corrected chi connectivity index (χ0v) is 11.7. The fraction of sp³-hybridized carbons (Fsp3) is 0.462. The summed E-state index contributed by atoms with van der Waals surface area (Å²) in [6.07, 6.45) is 1.52. The van der Waals surface area contributed by atoms with E-state index >= 15 is 0 Å². The van der Waals surface area contributed by atoms with Crippen molar-refractivity contribution < 1.29 is 14.1 Å². The second kappa shape index (κ2) is 5.85. The molecular weight excluding hydrogens is 265 g/mol. The third-order valence-electron chi connectivity index (χ3n) is 2.92. The number of nitrogens with zero attached hydrogens (tertiary/aromatic N) is 1. The smallest absolute Gasteiger partial charge is 0.293 e. The number of nitrogens with two attached hydrogens (primary N) is 1. The number of nitrogen functional groups attached to an aromatic ring is 1. The monoisotopic (exact) mass is 283 g/mol. The van der Waals surface area contributed by atoms with Crippen LogP contribution in [0.4, 0.5) is 15.8 Å². The molecule has 1 aromatic rings. The predicted octanol–water partition coefficient (Wildman–Crippen LogP) is 2.62. The van der Waals surface area contributed by atoms with Crippen LogP contribution in [0.5, 0.6) is 0 Å². The summed E-state index contributed by atoms with van der Waals surface area (Å²) in [6, 6.07) is 1.81. The molecule has 0 aromatic heterocycles. The number of anilines is 1. The van der Waals surface area contributed by atoms with Gasteiger partial charge in [0.1, 0.15) is 17.1 Å². The first-order valence-corrected chi connectivity index (χ1v) is 6.24. The summed E-state index contributed by atoms with van der Waals surface area (Å²) in [5.74, 6) is -1.62. The molecule has 20 heavy (non-hydrogen) atoms. The minimum Gasteiger partial charge on any atom is -0.392 e. The number of carbonyl (C=O) groups excluding carboxylic acids is 1. The maximum absolute atomic E-state index is 13.7. The van der Waals surface area contributed by atoms with Gasteiger partial charge in [0, 0.05) is 11.6 Å². The molecule has 0 radical (unpaired) electrons. The summed E-state index contributed by atoms with van der Waals surface area (Å²) in [4.78, 5) is 22.1. The van der Waals surface area contributed by atoms with Crippen molar-refractivity contribution in [3.63, 3.8) is 0 Å². The van der Waals surface area contributed by atoms with Crippen LogP contribution in [0.1, 0.15) is 44.0 Å². The first kappa shape index (κ1) is 15.9. The van der Waals surface area contributed by atoms with E-state index in [9.17, 15) is 19.3 Å². The molecule has 1 amide bonds. The van der Waals surface area contributed by atoms with Crippen molar-refractivity contribution in [1.82, 2.24) is 5.32 Å².